The molecule has 1 aromatic heterocycles. The lowest BCUT2D eigenvalue weighted by Gasteiger charge is -2.30. The van der Waals surface area contributed by atoms with Crippen LogP contribution in [0.15, 0.2) is 42.6 Å². The summed E-state index contributed by atoms with van der Waals surface area (Å²) in [6, 6.07) is 8.80. The van der Waals surface area contributed by atoms with Crippen LogP contribution in [0.4, 0.5) is 23.2 Å². The summed E-state index contributed by atoms with van der Waals surface area (Å²) in [5.74, 6) is -4.33. The van der Waals surface area contributed by atoms with Gasteiger partial charge in [0.15, 0.2) is 0 Å². The van der Waals surface area contributed by atoms with E-state index < -0.39 is 23.9 Å². The second kappa shape index (κ2) is 9.93. The van der Waals surface area contributed by atoms with Crippen LogP contribution in [-0.2, 0) is 14.4 Å². The van der Waals surface area contributed by atoms with Gasteiger partial charge in [0, 0.05) is 36.8 Å². The molecule has 190 valence electrons. The highest BCUT2D eigenvalue weighted by atomic mass is 19.4. The summed E-state index contributed by atoms with van der Waals surface area (Å²) in [6.07, 6.45) is -2.42. The van der Waals surface area contributed by atoms with Gasteiger partial charge in [-0.3, -0.25) is 9.59 Å². The van der Waals surface area contributed by atoms with Gasteiger partial charge in [-0.2, -0.15) is 18.3 Å². The number of nitrogens with zero attached hydrogens (tertiary/aromatic N) is 3. The number of nitrogens with two attached hydrogens (primary N) is 1. The zero-order valence-electron chi connectivity index (χ0n) is 18.7. The normalized spacial score (nSPS) is 16.6. The van der Waals surface area contributed by atoms with Gasteiger partial charge in [0.05, 0.1) is 11.3 Å². The molecule has 2 amide bonds. The van der Waals surface area contributed by atoms with E-state index in [1.807, 2.05) is 0 Å². The number of nitrogens with one attached hydrogen (secondary N) is 1. The number of anilines is 1. The second-order valence-electron chi connectivity index (χ2n) is 8.40. The zero-order chi connectivity index (χ0) is 26.0. The first-order chi connectivity index (χ1) is 17.0. The molecule has 36 heavy (non-hydrogen) atoms. The number of carbonyl (C=O) groups excluding carboxylic acids is 3. The number of hydroxylamine groups is 2. The minimum atomic E-state index is -5.08. The lowest BCUT2D eigenvalue weighted by atomic mass is 9.95. The maximum Gasteiger partial charge on any atom is 0.492 e. The Labute approximate surface area is 201 Å². The van der Waals surface area contributed by atoms with Crippen molar-refractivity contribution in [3.63, 3.8) is 0 Å². The van der Waals surface area contributed by atoms with Crippen molar-refractivity contribution in [2.24, 2.45) is 11.7 Å². The predicted molar refractivity (Wildman–Crippen MR) is 119 cm³/mol. The number of hydrogen-bond donors (Lipinski definition) is 2. The van der Waals surface area contributed by atoms with Crippen molar-refractivity contribution >= 4 is 34.4 Å². The summed E-state index contributed by atoms with van der Waals surface area (Å²) in [5.41, 5.74) is 6.58. The van der Waals surface area contributed by atoms with Gasteiger partial charge in [-0.1, -0.05) is 0 Å². The summed E-state index contributed by atoms with van der Waals surface area (Å²) in [4.78, 5) is 39.5. The number of primary amides is 1. The summed E-state index contributed by atoms with van der Waals surface area (Å²) >= 11 is 0. The molecular weight excluding hydrogens is 486 g/mol. The Bertz CT molecular complexity index is 1310. The highest BCUT2D eigenvalue weighted by Gasteiger charge is 2.43. The van der Waals surface area contributed by atoms with Crippen LogP contribution >= 0.6 is 0 Å². The molecule has 2 aromatic carbocycles. The van der Waals surface area contributed by atoms with Gasteiger partial charge in [-0.05, 0) is 55.2 Å². The van der Waals surface area contributed by atoms with Crippen LogP contribution in [0.1, 0.15) is 29.6 Å². The van der Waals surface area contributed by atoms with E-state index in [1.165, 1.54) is 10.7 Å². The molecule has 0 radical (unpaired) electrons. The Kier molecular flexibility index (Phi) is 6.93. The lowest BCUT2D eigenvalue weighted by Crippen LogP contribution is -2.41. The number of hydrogen-bond acceptors (Lipinski definition) is 6. The van der Waals surface area contributed by atoms with Crippen molar-refractivity contribution in [2.75, 3.05) is 18.4 Å². The first-order valence-corrected chi connectivity index (χ1v) is 10.9. The third-order valence-corrected chi connectivity index (χ3v) is 5.65. The van der Waals surface area contributed by atoms with Crippen LogP contribution in [0, 0.1) is 11.7 Å². The molecule has 0 aliphatic carbocycles. The molecule has 3 aromatic rings. The second-order valence-corrected chi connectivity index (χ2v) is 8.40. The Hall–Kier alpha value is -4.00. The smallest absolute Gasteiger partial charge is 0.366 e. The third-order valence-electron chi connectivity index (χ3n) is 5.65. The number of halogens is 4. The number of carbonyl (C=O) groups is 3. The molecule has 13 heteroatoms. The van der Waals surface area contributed by atoms with Gasteiger partial charge < -0.3 is 15.9 Å². The molecule has 4 rings (SSSR count). The highest BCUT2D eigenvalue weighted by molar-refractivity contribution is 6.04. The summed E-state index contributed by atoms with van der Waals surface area (Å²) in [5, 5.41) is 8.36. The van der Waals surface area contributed by atoms with E-state index in [0.29, 0.717) is 29.6 Å². The summed E-state index contributed by atoms with van der Waals surface area (Å²) in [6.45, 7) is 0.187. The molecule has 1 fully saturated rings. The van der Waals surface area contributed by atoms with E-state index in [1.54, 1.807) is 30.5 Å². The van der Waals surface area contributed by atoms with Gasteiger partial charge in [0.1, 0.15) is 11.3 Å². The molecule has 1 atom stereocenters. The molecule has 0 spiro atoms. The average molecular weight is 507 g/mol. The molecule has 1 aliphatic heterocycles. The molecule has 2 heterocycles. The van der Waals surface area contributed by atoms with E-state index in [-0.39, 0.29) is 42.4 Å². The molecule has 1 saturated heterocycles. The molecule has 0 bridgehead atoms. The maximum absolute atomic E-state index is 13.8. The molecule has 1 aliphatic rings. The van der Waals surface area contributed by atoms with Crippen LogP contribution in [0.5, 0.6) is 0 Å². The van der Waals surface area contributed by atoms with Gasteiger partial charge >= 0.3 is 12.1 Å². The van der Waals surface area contributed by atoms with Gasteiger partial charge in [-0.15, -0.1) is 5.06 Å². The molecule has 0 saturated carbocycles. The number of rotatable bonds is 6. The lowest BCUT2D eigenvalue weighted by molar-refractivity contribution is -0.243. The van der Waals surface area contributed by atoms with Crippen molar-refractivity contribution < 1.29 is 36.8 Å². The van der Waals surface area contributed by atoms with Crippen molar-refractivity contribution in [3.05, 3.63) is 54.0 Å². The zero-order valence-corrected chi connectivity index (χ0v) is 18.7. The maximum atomic E-state index is 13.8. The Morgan fingerprint density at radius 3 is 2.56 bits per heavy atom. The summed E-state index contributed by atoms with van der Waals surface area (Å²) in [7, 11) is 0. The first kappa shape index (κ1) is 25.1. The highest BCUT2D eigenvalue weighted by Crippen LogP contribution is 2.25. The number of benzene rings is 2. The van der Waals surface area contributed by atoms with Gasteiger partial charge in [0.2, 0.25) is 5.91 Å². The summed E-state index contributed by atoms with van der Waals surface area (Å²) < 4.78 is 52.4. The standard InChI is InChI=1S/C23H21F4N5O4/c24-15-9-14-12-32(30-20(14)18(10-15)21(28)34)17-5-3-16(4-6-17)29-19(33)8-13-2-1-7-31(11-13)36-22(35)23(25,26)27/h3-6,9-10,12-13H,1-2,7-8,11H2,(H2,28,34)(H,29,33)/t13-/m1/s1. The SMILES string of the molecule is NC(=O)c1cc(F)cc2cn(-c3ccc(NC(=O)C[C@H]4CCCN(OC(=O)C(F)(F)F)C4)cc3)nc12. The fourth-order valence-corrected chi connectivity index (χ4v) is 4.04. The molecule has 0 unspecified atom stereocenters. The van der Waals surface area contributed by atoms with Crippen LogP contribution in [0.25, 0.3) is 16.6 Å². The Morgan fingerprint density at radius 1 is 1.17 bits per heavy atom. The number of piperidine rings is 1. The number of amides is 2. The fraction of sp³-hybridized carbons (Fsp3) is 0.304. The quantitative estimate of drug-likeness (QED) is 0.494. The van der Waals surface area contributed by atoms with Gasteiger partial charge in [-0.25, -0.2) is 13.9 Å². The predicted octanol–water partition coefficient (Wildman–Crippen LogP) is 3.32. The van der Waals surface area contributed by atoms with Crippen molar-refractivity contribution in [2.45, 2.75) is 25.4 Å². The fourth-order valence-electron chi connectivity index (χ4n) is 4.04. The van der Waals surface area contributed by atoms with E-state index in [4.69, 9.17) is 5.73 Å². The topological polar surface area (TPSA) is 120 Å². The van der Waals surface area contributed by atoms with Crippen LogP contribution < -0.4 is 11.1 Å². The third kappa shape index (κ3) is 5.79. The number of alkyl halides is 3. The molecular formula is C23H21F4N5O4. The van der Waals surface area contributed by atoms with Crippen molar-refractivity contribution in [1.29, 1.82) is 0 Å². The van der Waals surface area contributed by atoms with E-state index >= 15 is 0 Å². The van der Waals surface area contributed by atoms with Crippen molar-refractivity contribution in [3.8, 4) is 5.69 Å². The molecule has 3 N–H and O–H groups in total. The van der Waals surface area contributed by atoms with Crippen LogP contribution in [0.3, 0.4) is 0 Å². The Morgan fingerprint density at radius 2 is 1.89 bits per heavy atom. The van der Waals surface area contributed by atoms with E-state index in [9.17, 15) is 31.9 Å². The number of aromatic nitrogens is 2. The van der Waals surface area contributed by atoms with Crippen LogP contribution in [-0.4, -0.2) is 51.9 Å². The van der Waals surface area contributed by atoms with Crippen LogP contribution in [0.2, 0.25) is 0 Å². The van der Waals surface area contributed by atoms with E-state index in [2.05, 4.69) is 15.3 Å². The minimum Gasteiger partial charge on any atom is -0.366 e. The Balaban J connectivity index is 1.37. The molecule has 9 nitrogen and oxygen atoms in total. The largest absolute Gasteiger partial charge is 0.492 e. The van der Waals surface area contributed by atoms with Crippen molar-refractivity contribution in [1.82, 2.24) is 14.8 Å². The first-order valence-electron chi connectivity index (χ1n) is 10.9. The number of fused-ring (bicyclic) bond motifs is 1. The minimum absolute atomic E-state index is 0.0227. The average Bonchev–Trinajstić information content (AvgIpc) is 3.22. The van der Waals surface area contributed by atoms with E-state index in [0.717, 1.165) is 11.1 Å². The monoisotopic (exact) mass is 507 g/mol. The van der Waals surface area contributed by atoms with Gasteiger partial charge in [0.25, 0.3) is 5.91 Å².